The summed E-state index contributed by atoms with van der Waals surface area (Å²) in [5.74, 6) is 0.546. The molecule has 2 unspecified atom stereocenters. The van der Waals surface area contributed by atoms with Crippen LogP contribution in [0.25, 0.3) is 0 Å². The smallest absolute Gasteiger partial charge is 0.0494 e. The molecule has 0 aliphatic carbocycles. The third kappa shape index (κ3) is 2.58. The maximum absolute atomic E-state index is 6.17. The van der Waals surface area contributed by atoms with Gasteiger partial charge in [-0.2, -0.15) is 0 Å². The summed E-state index contributed by atoms with van der Waals surface area (Å²) < 4.78 is 0. The quantitative estimate of drug-likeness (QED) is 0.767. The van der Waals surface area contributed by atoms with E-state index in [0.29, 0.717) is 18.0 Å². The topological polar surface area (TPSA) is 6.48 Å². The molecule has 3 rings (SSSR count). The summed E-state index contributed by atoms with van der Waals surface area (Å²) >= 11 is 12.3. The Kier molecular flexibility index (Phi) is 3.93. The average molecular weight is 299 g/mol. The zero-order valence-electron chi connectivity index (χ0n) is 11.3. The molecular weight excluding hydrogens is 279 g/mol. The van der Waals surface area contributed by atoms with Gasteiger partial charge in [0.05, 0.1) is 0 Å². The van der Waals surface area contributed by atoms with Crippen molar-refractivity contribution < 1.29 is 0 Å². The number of rotatable bonds is 2. The van der Waals surface area contributed by atoms with Crippen molar-refractivity contribution >= 4 is 28.9 Å². The molecule has 4 heteroatoms. The van der Waals surface area contributed by atoms with Gasteiger partial charge in [0.2, 0.25) is 0 Å². The first kappa shape index (κ1) is 13.5. The van der Waals surface area contributed by atoms with Crippen molar-refractivity contribution in [3.8, 4) is 0 Å². The van der Waals surface area contributed by atoms with E-state index in [1.165, 1.54) is 30.6 Å². The summed E-state index contributed by atoms with van der Waals surface area (Å²) in [6, 6.07) is 7.28. The maximum atomic E-state index is 6.17. The molecule has 0 saturated carbocycles. The lowest BCUT2D eigenvalue weighted by Gasteiger charge is -2.44. The van der Waals surface area contributed by atoms with Crippen LogP contribution in [0.5, 0.6) is 0 Å². The van der Waals surface area contributed by atoms with E-state index in [0.717, 1.165) is 18.1 Å². The number of piperazine rings is 1. The lowest BCUT2D eigenvalue weighted by molar-refractivity contribution is 0.203. The number of fused-ring (bicyclic) bond motifs is 1. The second-order valence-electron chi connectivity index (χ2n) is 5.70. The second-order valence-corrected chi connectivity index (χ2v) is 6.40. The average Bonchev–Trinajstić information content (AvgIpc) is 2.84. The van der Waals surface area contributed by atoms with Crippen molar-refractivity contribution in [2.24, 2.45) is 0 Å². The van der Waals surface area contributed by atoms with Crippen molar-refractivity contribution in [3.05, 3.63) is 28.8 Å². The highest BCUT2D eigenvalue weighted by atomic mass is 35.5. The molecule has 2 heterocycles. The van der Waals surface area contributed by atoms with Crippen LogP contribution in [0.1, 0.15) is 25.3 Å². The molecular formula is C15H20Cl2N2. The first-order valence-electron chi connectivity index (χ1n) is 7.04. The molecule has 2 fully saturated rings. The number of halogens is 2. The largest absolute Gasteiger partial charge is 0.366 e. The predicted octanol–water partition coefficient (Wildman–Crippen LogP) is 3.75. The van der Waals surface area contributed by atoms with Crippen LogP contribution in [-0.4, -0.2) is 36.6 Å². The molecule has 2 nitrogen and oxygen atoms in total. The van der Waals surface area contributed by atoms with Gasteiger partial charge < -0.3 is 4.90 Å². The van der Waals surface area contributed by atoms with E-state index in [2.05, 4.69) is 28.9 Å². The molecule has 1 aromatic rings. The van der Waals surface area contributed by atoms with Crippen LogP contribution >= 0.6 is 23.2 Å². The summed E-state index contributed by atoms with van der Waals surface area (Å²) in [5.41, 5.74) is 2.41. The van der Waals surface area contributed by atoms with Gasteiger partial charge in [0.25, 0.3) is 0 Å². The van der Waals surface area contributed by atoms with E-state index < -0.39 is 0 Å². The van der Waals surface area contributed by atoms with Crippen molar-refractivity contribution in [1.82, 2.24) is 4.90 Å². The Bertz CT molecular complexity index is 463. The first-order chi connectivity index (χ1) is 9.19. The van der Waals surface area contributed by atoms with Gasteiger partial charge in [0.1, 0.15) is 0 Å². The molecule has 1 aromatic carbocycles. The lowest BCUT2D eigenvalue weighted by Crippen LogP contribution is -2.55. The van der Waals surface area contributed by atoms with Crippen molar-refractivity contribution in [1.29, 1.82) is 0 Å². The summed E-state index contributed by atoms with van der Waals surface area (Å²) in [4.78, 5) is 5.13. The summed E-state index contributed by atoms with van der Waals surface area (Å²) in [7, 11) is 0. The van der Waals surface area contributed by atoms with E-state index in [9.17, 15) is 0 Å². The zero-order chi connectivity index (χ0) is 13.4. The first-order valence-corrected chi connectivity index (χ1v) is 7.95. The SMILES string of the molecule is CC1CN2CCCC2CN1c1cc(Cl)ccc1CCl. The number of hydrogen-bond acceptors (Lipinski definition) is 2. The Morgan fingerprint density at radius 1 is 1.32 bits per heavy atom. The van der Waals surface area contributed by atoms with E-state index in [1.54, 1.807) is 0 Å². The van der Waals surface area contributed by atoms with Gasteiger partial charge in [0, 0.05) is 41.8 Å². The zero-order valence-corrected chi connectivity index (χ0v) is 12.8. The second kappa shape index (κ2) is 5.51. The van der Waals surface area contributed by atoms with E-state index in [1.807, 2.05) is 6.07 Å². The fourth-order valence-electron chi connectivity index (χ4n) is 3.44. The van der Waals surface area contributed by atoms with Crippen LogP contribution in [0.2, 0.25) is 5.02 Å². The molecule has 0 aromatic heterocycles. The minimum atomic E-state index is 0.523. The Labute approximate surface area is 125 Å². The molecule has 2 saturated heterocycles. The molecule has 2 aliphatic rings. The fraction of sp³-hybridized carbons (Fsp3) is 0.600. The van der Waals surface area contributed by atoms with Crippen molar-refractivity contribution in [2.75, 3.05) is 24.5 Å². The number of hydrogen-bond donors (Lipinski definition) is 0. The minimum Gasteiger partial charge on any atom is -0.366 e. The van der Waals surface area contributed by atoms with Crippen molar-refractivity contribution in [3.63, 3.8) is 0 Å². The van der Waals surface area contributed by atoms with E-state index in [4.69, 9.17) is 23.2 Å². The maximum Gasteiger partial charge on any atom is 0.0494 e. The molecule has 0 N–H and O–H groups in total. The third-order valence-electron chi connectivity index (χ3n) is 4.44. The van der Waals surface area contributed by atoms with Gasteiger partial charge in [-0.25, -0.2) is 0 Å². The van der Waals surface area contributed by atoms with Crippen LogP contribution in [0, 0.1) is 0 Å². The van der Waals surface area contributed by atoms with Gasteiger partial charge in [-0.3, -0.25) is 4.90 Å². The molecule has 0 spiro atoms. The van der Waals surface area contributed by atoms with Crippen LogP contribution in [0.3, 0.4) is 0 Å². The standard InChI is InChI=1S/C15H20Cl2N2/c1-11-9-18-6-2-3-14(18)10-19(11)15-7-13(17)5-4-12(15)8-16/h4-5,7,11,14H,2-3,6,8-10H2,1H3. The Hall–Kier alpha value is -0.440. The summed E-state index contributed by atoms with van der Waals surface area (Å²) in [5, 5.41) is 0.796. The summed E-state index contributed by atoms with van der Waals surface area (Å²) in [6.45, 7) is 5.82. The number of alkyl halides is 1. The lowest BCUT2D eigenvalue weighted by atomic mass is 10.0. The third-order valence-corrected chi connectivity index (χ3v) is 4.96. The molecule has 0 bridgehead atoms. The Morgan fingerprint density at radius 2 is 2.16 bits per heavy atom. The van der Waals surface area contributed by atoms with Crippen LogP contribution in [-0.2, 0) is 5.88 Å². The monoisotopic (exact) mass is 298 g/mol. The molecule has 104 valence electrons. The molecule has 19 heavy (non-hydrogen) atoms. The Morgan fingerprint density at radius 3 is 2.95 bits per heavy atom. The van der Waals surface area contributed by atoms with Crippen molar-refractivity contribution in [2.45, 2.75) is 37.7 Å². The number of benzene rings is 1. The normalized spacial score (nSPS) is 27.6. The van der Waals surface area contributed by atoms with Gasteiger partial charge in [-0.1, -0.05) is 17.7 Å². The number of nitrogens with zero attached hydrogens (tertiary/aromatic N) is 2. The van der Waals surface area contributed by atoms with E-state index >= 15 is 0 Å². The van der Waals surface area contributed by atoms with Gasteiger partial charge in [0.15, 0.2) is 0 Å². The van der Waals surface area contributed by atoms with Gasteiger partial charge in [-0.15, -0.1) is 11.6 Å². The molecule has 2 aliphatic heterocycles. The van der Waals surface area contributed by atoms with Gasteiger partial charge >= 0.3 is 0 Å². The number of anilines is 1. The molecule has 0 radical (unpaired) electrons. The van der Waals surface area contributed by atoms with Gasteiger partial charge in [-0.05, 0) is 44.0 Å². The highest BCUT2D eigenvalue weighted by Gasteiger charge is 2.34. The van der Waals surface area contributed by atoms with E-state index in [-0.39, 0.29) is 0 Å². The predicted molar refractivity (Wildman–Crippen MR) is 82.4 cm³/mol. The molecule has 2 atom stereocenters. The van der Waals surface area contributed by atoms with Crippen LogP contribution in [0.4, 0.5) is 5.69 Å². The highest BCUT2D eigenvalue weighted by Crippen LogP contribution is 2.33. The van der Waals surface area contributed by atoms with Crippen LogP contribution < -0.4 is 4.90 Å². The minimum absolute atomic E-state index is 0.523. The van der Waals surface area contributed by atoms with Crippen LogP contribution in [0.15, 0.2) is 18.2 Å². The highest BCUT2D eigenvalue weighted by molar-refractivity contribution is 6.31. The Balaban J connectivity index is 1.90. The molecule has 0 amide bonds. The fourth-order valence-corrected chi connectivity index (χ4v) is 3.83. The summed E-state index contributed by atoms with van der Waals surface area (Å²) in [6.07, 6.45) is 2.66.